The van der Waals surface area contributed by atoms with Crippen LogP contribution in [-0.4, -0.2) is 58.4 Å². The minimum absolute atomic E-state index is 0.175. The number of anilines is 2. The molecule has 1 N–H and O–H groups in total. The van der Waals surface area contributed by atoms with Crippen LogP contribution in [0.2, 0.25) is 0 Å². The van der Waals surface area contributed by atoms with Gasteiger partial charge in [0.1, 0.15) is 17.3 Å². The minimum atomic E-state index is -4.49. The summed E-state index contributed by atoms with van der Waals surface area (Å²) in [6, 6.07) is 5.77. The van der Waals surface area contributed by atoms with Gasteiger partial charge in [-0.2, -0.15) is 18.3 Å². The van der Waals surface area contributed by atoms with Crippen LogP contribution in [0.4, 0.5) is 24.8 Å². The van der Waals surface area contributed by atoms with Crippen LogP contribution >= 0.6 is 0 Å². The lowest BCUT2D eigenvalue weighted by atomic mass is 10.0. The number of alkyl halides is 3. The maximum atomic E-state index is 13.5. The van der Waals surface area contributed by atoms with Gasteiger partial charge in [0, 0.05) is 50.7 Å². The number of carbonyl (C=O) groups is 1. The summed E-state index contributed by atoms with van der Waals surface area (Å²) in [5.41, 5.74) is 0.990. The Kier molecular flexibility index (Phi) is 7.06. The van der Waals surface area contributed by atoms with Gasteiger partial charge in [-0.15, -0.1) is 0 Å². The number of hydrogen-bond donors (Lipinski definition) is 1. The second kappa shape index (κ2) is 10.0. The smallest absolute Gasteiger partial charge is 0.354 e. The molecule has 1 amide bonds. The zero-order chi connectivity index (χ0) is 25.2. The molecule has 3 aromatic heterocycles. The number of nitrogens with zero attached hydrogens (tertiary/aromatic N) is 6. The van der Waals surface area contributed by atoms with Gasteiger partial charge in [0.25, 0.3) is 5.91 Å². The number of nitrogens with one attached hydrogen (secondary N) is 1. The zero-order valence-corrected chi connectivity index (χ0v) is 19.9. The van der Waals surface area contributed by atoms with Crippen molar-refractivity contribution in [1.29, 1.82) is 0 Å². The SMILES string of the molecule is CC.CC1CN(c2ccc(C(F)(F)F)cn2)C(=O)c2c(-c3ccnc(N4CCNCC4)c3)cnn21. The van der Waals surface area contributed by atoms with E-state index in [1.54, 1.807) is 17.1 Å². The lowest BCUT2D eigenvalue weighted by Gasteiger charge is -2.32. The third-order valence-corrected chi connectivity index (χ3v) is 5.96. The number of piperazine rings is 1. The molecule has 8 nitrogen and oxygen atoms in total. The third kappa shape index (κ3) is 4.86. The predicted octanol–water partition coefficient (Wildman–Crippen LogP) is 4.02. The Bertz CT molecular complexity index is 1170. The molecule has 2 aliphatic heterocycles. The van der Waals surface area contributed by atoms with Gasteiger partial charge in [0.05, 0.1) is 17.8 Å². The number of carbonyl (C=O) groups excluding carboxylic acids is 1. The first kappa shape index (κ1) is 24.6. The van der Waals surface area contributed by atoms with Gasteiger partial charge in [-0.25, -0.2) is 9.97 Å². The molecule has 0 radical (unpaired) electrons. The van der Waals surface area contributed by atoms with E-state index in [9.17, 15) is 18.0 Å². The van der Waals surface area contributed by atoms with Crippen LogP contribution in [0, 0.1) is 0 Å². The summed E-state index contributed by atoms with van der Waals surface area (Å²) in [5.74, 6) is 0.648. The number of hydrogen-bond acceptors (Lipinski definition) is 6. The Morgan fingerprint density at radius 2 is 1.77 bits per heavy atom. The van der Waals surface area contributed by atoms with Gasteiger partial charge >= 0.3 is 6.18 Å². The van der Waals surface area contributed by atoms with Crippen molar-refractivity contribution in [3.05, 3.63) is 54.1 Å². The summed E-state index contributed by atoms with van der Waals surface area (Å²) in [7, 11) is 0. The molecule has 0 saturated carbocycles. The molecule has 1 fully saturated rings. The van der Waals surface area contributed by atoms with E-state index in [-0.39, 0.29) is 24.3 Å². The van der Waals surface area contributed by atoms with Gasteiger partial charge in [-0.05, 0) is 36.8 Å². The maximum Gasteiger partial charge on any atom is 0.417 e. The average molecular weight is 488 g/mol. The quantitative estimate of drug-likeness (QED) is 0.601. The number of aromatic nitrogens is 4. The molecule has 35 heavy (non-hydrogen) atoms. The average Bonchev–Trinajstić information content (AvgIpc) is 3.34. The molecular weight excluding hydrogens is 459 g/mol. The van der Waals surface area contributed by atoms with Gasteiger partial charge in [-0.3, -0.25) is 14.4 Å². The highest BCUT2D eigenvalue weighted by Crippen LogP contribution is 2.34. The third-order valence-electron chi connectivity index (χ3n) is 5.96. The van der Waals surface area contributed by atoms with E-state index in [2.05, 4.69) is 25.3 Å². The summed E-state index contributed by atoms with van der Waals surface area (Å²) in [4.78, 5) is 25.4. The van der Waals surface area contributed by atoms with Crippen molar-refractivity contribution in [2.75, 3.05) is 42.5 Å². The summed E-state index contributed by atoms with van der Waals surface area (Å²) in [5, 5.41) is 7.75. The van der Waals surface area contributed by atoms with Crippen LogP contribution in [-0.2, 0) is 6.18 Å². The molecule has 186 valence electrons. The summed E-state index contributed by atoms with van der Waals surface area (Å²) < 4.78 is 40.4. The molecule has 0 aromatic carbocycles. The summed E-state index contributed by atoms with van der Waals surface area (Å²) in [6.07, 6.45) is -0.365. The van der Waals surface area contributed by atoms with Crippen molar-refractivity contribution in [2.45, 2.75) is 33.0 Å². The fourth-order valence-corrected chi connectivity index (χ4v) is 4.24. The van der Waals surface area contributed by atoms with E-state index < -0.39 is 11.7 Å². The molecule has 2 aliphatic rings. The normalized spacial score (nSPS) is 18.1. The highest BCUT2D eigenvalue weighted by Gasteiger charge is 2.35. The molecule has 0 bridgehead atoms. The Morgan fingerprint density at radius 3 is 2.43 bits per heavy atom. The first-order valence-corrected chi connectivity index (χ1v) is 11.7. The van der Waals surface area contributed by atoms with Gasteiger partial charge in [-0.1, -0.05) is 13.8 Å². The summed E-state index contributed by atoms with van der Waals surface area (Å²) >= 11 is 0. The van der Waals surface area contributed by atoms with Gasteiger partial charge in [0.2, 0.25) is 0 Å². The Labute approximate surface area is 201 Å². The molecular formula is C24H28F3N7O. The number of fused-ring (bicyclic) bond motifs is 1. The lowest BCUT2D eigenvalue weighted by Crippen LogP contribution is -2.44. The van der Waals surface area contributed by atoms with Crippen molar-refractivity contribution in [1.82, 2.24) is 25.1 Å². The van der Waals surface area contributed by atoms with Gasteiger partial charge < -0.3 is 10.2 Å². The molecule has 0 aliphatic carbocycles. The van der Waals surface area contributed by atoms with E-state index >= 15 is 0 Å². The Balaban J connectivity index is 0.00000141. The monoisotopic (exact) mass is 487 g/mol. The van der Waals surface area contributed by atoms with Crippen LogP contribution in [0.1, 0.15) is 42.9 Å². The predicted molar refractivity (Wildman–Crippen MR) is 128 cm³/mol. The van der Waals surface area contributed by atoms with Crippen LogP contribution in [0.15, 0.2) is 42.9 Å². The lowest BCUT2D eigenvalue weighted by molar-refractivity contribution is -0.137. The molecule has 3 aromatic rings. The van der Waals surface area contributed by atoms with E-state index in [4.69, 9.17) is 0 Å². The maximum absolute atomic E-state index is 13.5. The zero-order valence-electron chi connectivity index (χ0n) is 19.9. The van der Waals surface area contributed by atoms with Crippen LogP contribution in [0.5, 0.6) is 0 Å². The molecule has 1 atom stereocenters. The van der Waals surface area contributed by atoms with E-state index in [0.29, 0.717) is 11.3 Å². The van der Waals surface area contributed by atoms with Crippen LogP contribution in [0.3, 0.4) is 0 Å². The van der Waals surface area contributed by atoms with Gasteiger partial charge in [0.15, 0.2) is 0 Å². The largest absolute Gasteiger partial charge is 0.417 e. The number of rotatable bonds is 3. The molecule has 5 heterocycles. The second-order valence-electron chi connectivity index (χ2n) is 8.16. The Morgan fingerprint density at radius 1 is 1.03 bits per heavy atom. The fourth-order valence-electron chi connectivity index (χ4n) is 4.24. The number of amides is 1. The first-order chi connectivity index (χ1) is 16.8. The van der Waals surface area contributed by atoms with Crippen molar-refractivity contribution < 1.29 is 18.0 Å². The van der Waals surface area contributed by atoms with E-state index in [1.165, 1.54) is 11.0 Å². The fraction of sp³-hybridized carbons (Fsp3) is 0.417. The van der Waals surface area contributed by atoms with Crippen molar-refractivity contribution in [2.24, 2.45) is 0 Å². The molecule has 0 spiro atoms. The summed E-state index contributed by atoms with van der Waals surface area (Å²) in [6.45, 7) is 9.59. The standard InChI is InChI=1S/C22H22F3N7O.C2H6/c1-14-13-31(18-3-2-16(11-28-18)22(23,24)25)21(33)20-17(12-29-32(14)20)15-4-5-27-19(10-15)30-8-6-26-7-9-30;1-2/h2-5,10-12,14,26H,6-9,13H2,1H3;1-2H3. The molecule has 1 saturated heterocycles. The van der Waals surface area contributed by atoms with Crippen LogP contribution < -0.4 is 15.1 Å². The minimum Gasteiger partial charge on any atom is -0.354 e. The van der Waals surface area contributed by atoms with Crippen molar-refractivity contribution in [3.8, 4) is 11.1 Å². The Hall–Kier alpha value is -3.47. The molecule has 11 heteroatoms. The van der Waals surface area contributed by atoms with E-state index in [0.717, 1.165) is 49.8 Å². The second-order valence-corrected chi connectivity index (χ2v) is 8.16. The van der Waals surface area contributed by atoms with Crippen LogP contribution in [0.25, 0.3) is 11.1 Å². The first-order valence-electron chi connectivity index (χ1n) is 11.7. The topological polar surface area (TPSA) is 79.2 Å². The van der Waals surface area contributed by atoms with Crippen molar-refractivity contribution >= 4 is 17.5 Å². The molecule has 1 unspecified atom stereocenters. The highest BCUT2D eigenvalue weighted by molar-refractivity contribution is 6.09. The van der Waals surface area contributed by atoms with E-state index in [1.807, 2.05) is 32.9 Å². The highest BCUT2D eigenvalue weighted by atomic mass is 19.4. The number of halogens is 3. The number of pyridine rings is 2. The molecule has 5 rings (SSSR count). The van der Waals surface area contributed by atoms with Crippen molar-refractivity contribution in [3.63, 3.8) is 0 Å².